The van der Waals surface area contributed by atoms with Crippen molar-refractivity contribution in [3.05, 3.63) is 5.69 Å². The lowest BCUT2D eigenvalue weighted by Gasteiger charge is -1.82. The molecule has 50 valence electrons. The molecule has 0 aromatic carbocycles. The van der Waals surface area contributed by atoms with Crippen LogP contribution in [0.1, 0.15) is 12.6 Å². The number of nitrogens with zero attached hydrogens (tertiary/aromatic N) is 1. The Labute approximate surface area is 52.3 Å². The van der Waals surface area contributed by atoms with Gasteiger partial charge >= 0.3 is 5.95 Å². The van der Waals surface area contributed by atoms with Crippen molar-refractivity contribution in [1.29, 1.82) is 0 Å². The van der Waals surface area contributed by atoms with Crippen LogP contribution in [0.3, 0.4) is 0 Å². The number of hydrogen-bond acceptors (Lipinski definition) is 4. The third-order valence-corrected chi connectivity index (χ3v) is 1.03. The van der Waals surface area contributed by atoms with E-state index in [0.29, 0.717) is 12.1 Å². The lowest BCUT2D eigenvalue weighted by molar-refractivity contribution is 0.335. The predicted molar refractivity (Wildman–Crippen MR) is 32.0 cm³/mol. The van der Waals surface area contributed by atoms with Crippen LogP contribution >= 0.6 is 0 Å². The Hall–Kier alpha value is -1.19. The van der Waals surface area contributed by atoms with E-state index in [1.54, 1.807) is 0 Å². The van der Waals surface area contributed by atoms with Gasteiger partial charge in [0.25, 0.3) is 6.01 Å². The molecule has 0 spiro atoms. The van der Waals surface area contributed by atoms with Gasteiger partial charge < -0.3 is 15.3 Å². The Morgan fingerprint density at radius 1 is 1.78 bits per heavy atom. The normalized spacial score (nSPS) is 9.89. The smallest absolute Gasteiger partial charge is 0.307 e. The van der Waals surface area contributed by atoms with E-state index in [1.807, 2.05) is 6.92 Å². The van der Waals surface area contributed by atoms with Crippen LogP contribution in [-0.2, 0) is 6.42 Å². The lowest BCUT2D eigenvalue weighted by Crippen LogP contribution is -1.84. The van der Waals surface area contributed by atoms with Crippen molar-refractivity contribution in [3.63, 3.8) is 0 Å². The highest BCUT2D eigenvalue weighted by Gasteiger charge is 2.05. The Kier molecular flexibility index (Phi) is 1.30. The van der Waals surface area contributed by atoms with Gasteiger partial charge in [-0.15, -0.1) is 0 Å². The fraction of sp³-hybridized carbons (Fsp3) is 0.400. The first-order valence-corrected chi connectivity index (χ1v) is 2.68. The van der Waals surface area contributed by atoms with Gasteiger partial charge in [-0.05, 0) is 6.42 Å². The van der Waals surface area contributed by atoms with Crippen LogP contribution < -0.4 is 5.73 Å². The van der Waals surface area contributed by atoms with Gasteiger partial charge in [0.05, 0.1) is 0 Å². The van der Waals surface area contributed by atoms with Gasteiger partial charge in [-0.3, -0.25) is 0 Å². The molecule has 0 saturated heterocycles. The Morgan fingerprint density at radius 3 is 2.67 bits per heavy atom. The first-order chi connectivity index (χ1) is 4.24. The molecule has 0 fully saturated rings. The van der Waals surface area contributed by atoms with Crippen LogP contribution in [-0.4, -0.2) is 10.1 Å². The highest BCUT2D eigenvalue weighted by atomic mass is 16.5. The summed E-state index contributed by atoms with van der Waals surface area (Å²) in [5, 5.41) is 8.82. The van der Waals surface area contributed by atoms with Gasteiger partial charge in [-0.1, -0.05) is 6.92 Å². The van der Waals surface area contributed by atoms with E-state index >= 15 is 0 Å². The van der Waals surface area contributed by atoms with E-state index in [0.717, 1.165) is 0 Å². The van der Waals surface area contributed by atoms with E-state index < -0.39 is 0 Å². The monoisotopic (exact) mass is 128 g/mol. The average Bonchev–Trinajstić information content (AvgIpc) is 2.10. The van der Waals surface area contributed by atoms with E-state index in [4.69, 9.17) is 10.8 Å². The maximum Gasteiger partial charge on any atom is 0.307 e. The van der Waals surface area contributed by atoms with Crippen LogP contribution in [0, 0.1) is 0 Å². The zero-order chi connectivity index (χ0) is 6.85. The molecule has 0 aliphatic heterocycles. The highest BCUT2D eigenvalue weighted by molar-refractivity contribution is 5.22. The molecule has 0 aliphatic carbocycles. The number of aryl methyl sites for hydroxylation is 1. The first kappa shape index (κ1) is 5.94. The zero-order valence-electron chi connectivity index (χ0n) is 5.09. The molecule has 0 bridgehead atoms. The molecule has 1 rings (SSSR count). The molecule has 0 unspecified atom stereocenters. The highest BCUT2D eigenvalue weighted by Crippen LogP contribution is 2.18. The molecule has 0 amide bonds. The molecule has 3 N–H and O–H groups in total. The van der Waals surface area contributed by atoms with Gasteiger partial charge in [0.1, 0.15) is 5.69 Å². The van der Waals surface area contributed by atoms with Crippen LogP contribution in [0.2, 0.25) is 0 Å². The number of anilines is 1. The molecule has 1 aromatic heterocycles. The minimum atomic E-state index is -0.171. The molecule has 1 aromatic rings. The number of nitrogens with two attached hydrogens (primary N) is 1. The summed E-state index contributed by atoms with van der Waals surface area (Å²) in [7, 11) is 0. The number of hydrogen-bond donors (Lipinski definition) is 2. The van der Waals surface area contributed by atoms with Gasteiger partial charge in [0, 0.05) is 0 Å². The maximum absolute atomic E-state index is 8.82. The lowest BCUT2D eigenvalue weighted by atomic mass is 10.4. The quantitative estimate of drug-likeness (QED) is 0.578. The third kappa shape index (κ3) is 0.960. The van der Waals surface area contributed by atoms with E-state index in [9.17, 15) is 0 Å². The summed E-state index contributed by atoms with van der Waals surface area (Å²) in [6.45, 7) is 1.86. The molecule has 9 heavy (non-hydrogen) atoms. The summed E-state index contributed by atoms with van der Waals surface area (Å²) in [6, 6.07) is 0.0179. The van der Waals surface area contributed by atoms with Crippen LogP contribution in [0.5, 0.6) is 5.95 Å². The second kappa shape index (κ2) is 1.97. The number of rotatable bonds is 1. The average molecular weight is 128 g/mol. The van der Waals surface area contributed by atoms with Crippen LogP contribution in [0.15, 0.2) is 4.42 Å². The molecular weight excluding hydrogens is 120 g/mol. The Balaban J connectivity index is 3.01. The summed E-state index contributed by atoms with van der Waals surface area (Å²) in [5.41, 5.74) is 5.62. The molecule has 0 radical (unpaired) electrons. The van der Waals surface area contributed by atoms with Crippen LogP contribution in [0.25, 0.3) is 0 Å². The summed E-state index contributed by atoms with van der Waals surface area (Å²) < 4.78 is 4.53. The second-order valence-corrected chi connectivity index (χ2v) is 1.66. The van der Waals surface area contributed by atoms with Crippen molar-refractivity contribution in [2.24, 2.45) is 0 Å². The fourth-order valence-electron chi connectivity index (χ4n) is 0.592. The van der Waals surface area contributed by atoms with Gasteiger partial charge in [-0.25, -0.2) is 0 Å². The molecule has 4 nitrogen and oxygen atoms in total. The van der Waals surface area contributed by atoms with Gasteiger partial charge in [-0.2, -0.15) is 4.98 Å². The topological polar surface area (TPSA) is 72.3 Å². The largest absolute Gasteiger partial charge is 0.479 e. The van der Waals surface area contributed by atoms with Gasteiger partial charge in [0.2, 0.25) is 0 Å². The number of nitrogen functional groups attached to an aromatic ring is 1. The van der Waals surface area contributed by atoms with Crippen molar-refractivity contribution < 1.29 is 9.52 Å². The third-order valence-electron chi connectivity index (χ3n) is 1.03. The summed E-state index contributed by atoms with van der Waals surface area (Å²) in [4.78, 5) is 3.69. The minimum absolute atomic E-state index is 0.0179. The summed E-state index contributed by atoms with van der Waals surface area (Å²) in [5.74, 6) is -0.171. The fourth-order valence-corrected chi connectivity index (χ4v) is 0.592. The number of aromatic nitrogens is 1. The Morgan fingerprint density at radius 2 is 2.44 bits per heavy atom. The summed E-state index contributed by atoms with van der Waals surface area (Å²) >= 11 is 0. The molecule has 0 atom stereocenters. The summed E-state index contributed by atoms with van der Waals surface area (Å²) in [6.07, 6.45) is 0.631. The second-order valence-electron chi connectivity index (χ2n) is 1.66. The molecule has 0 saturated carbocycles. The molecule has 4 heteroatoms. The number of oxazole rings is 1. The predicted octanol–water partition coefficient (Wildman–Crippen LogP) is 0.525. The van der Waals surface area contributed by atoms with E-state index in [-0.39, 0.29) is 12.0 Å². The van der Waals surface area contributed by atoms with Crippen molar-refractivity contribution in [2.45, 2.75) is 13.3 Å². The molecular formula is C5H8N2O2. The number of aromatic hydroxyl groups is 1. The first-order valence-electron chi connectivity index (χ1n) is 2.68. The van der Waals surface area contributed by atoms with Crippen molar-refractivity contribution >= 4 is 6.01 Å². The zero-order valence-corrected chi connectivity index (χ0v) is 5.09. The maximum atomic E-state index is 8.82. The van der Waals surface area contributed by atoms with Crippen molar-refractivity contribution in [2.75, 3.05) is 5.73 Å². The standard InChI is InChI=1S/C5H8N2O2/c1-2-3-4(8)9-5(6)7-3/h8H,2H2,1H3,(H2,6,7). The van der Waals surface area contributed by atoms with Crippen LogP contribution in [0.4, 0.5) is 6.01 Å². The van der Waals surface area contributed by atoms with Crippen molar-refractivity contribution in [3.8, 4) is 5.95 Å². The van der Waals surface area contributed by atoms with Crippen molar-refractivity contribution in [1.82, 2.24) is 4.98 Å². The van der Waals surface area contributed by atoms with E-state index in [1.165, 1.54) is 0 Å². The van der Waals surface area contributed by atoms with Gasteiger partial charge in [0.15, 0.2) is 0 Å². The molecule has 0 aliphatic rings. The Bertz CT molecular complexity index is 207. The van der Waals surface area contributed by atoms with E-state index in [2.05, 4.69) is 9.40 Å². The SMILES string of the molecule is CCc1nc(N)oc1O. The molecule has 1 heterocycles. The minimum Gasteiger partial charge on any atom is -0.479 e.